The summed E-state index contributed by atoms with van der Waals surface area (Å²) in [5.74, 6) is 0.0316. The smallest absolute Gasteiger partial charge is 0.226 e. The van der Waals surface area contributed by atoms with Gasteiger partial charge in [0.1, 0.15) is 5.51 Å². The molecule has 6 heteroatoms. The molecule has 2 rings (SSSR count). The van der Waals surface area contributed by atoms with E-state index in [9.17, 15) is 4.79 Å². The zero-order valence-electron chi connectivity index (χ0n) is 9.11. The lowest BCUT2D eigenvalue weighted by molar-refractivity contribution is -0.116. The van der Waals surface area contributed by atoms with Crippen LogP contribution in [0.15, 0.2) is 5.51 Å². The van der Waals surface area contributed by atoms with Crippen molar-refractivity contribution < 1.29 is 4.79 Å². The molecule has 0 aromatic carbocycles. The first-order valence-corrected chi connectivity index (χ1v) is 6.52. The summed E-state index contributed by atoms with van der Waals surface area (Å²) in [5, 5.41) is 14.2. The molecule has 1 aliphatic heterocycles. The van der Waals surface area contributed by atoms with E-state index in [1.54, 1.807) is 5.51 Å². The van der Waals surface area contributed by atoms with Crippen LogP contribution in [0.25, 0.3) is 0 Å². The number of rotatable bonds is 4. The van der Waals surface area contributed by atoms with Gasteiger partial charge < -0.3 is 10.6 Å². The van der Waals surface area contributed by atoms with Crippen LogP contribution < -0.4 is 10.6 Å². The molecule has 5 nitrogen and oxygen atoms in total. The number of carbonyl (C=O) groups excluding carboxylic acids is 1. The number of carbonyl (C=O) groups is 1. The molecule has 0 spiro atoms. The van der Waals surface area contributed by atoms with E-state index in [-0.39, 0.29) is 5.91 Å². The summed E-state index contributed by atoms with van der Waals surface area (Å²) < 4.78 is 0. The lowest BCUT2D eigenvalue weighted by atomic mass is 10.0. The molecule has 0 saturated carbocycles. The minimum atomic E-state index is 0.0316. The average molecular weight is 240 g/mol. The van der Waals surface area contributed by atoms with E-state index in [2.05, 4.69) is 20.8 Å². The molecule has 1 amide bonds. The van der Waals surface area contributed by atoms with Gasteiger partial charge in [0, 0.05) is 12.5 Å². The van der Waals surface area contributed by atoms with Crippen LogP contribution in [0.1, 0.15) is 32.1 Å². The molecular weight excluding hydrogens is 224 g/mol. The van der Waals surface area contributed by atoms with E-state index in [1.165, 1.54) is 30.6 Å². The van der Waals surface area contributed by atoms with Crippen LogP contribution in [-0.2, 0) is 4.79 Å². The molecule has 0 aliphatic carbocycles. The number of nitrogens with zero attached hydrogens (tertiary/aromatic N) is 2. The van der Waals surface area contributed by atoms with Gasteiger partial charge in [0.05, 0.1) is 0 Å². The molecule has 1 aliphatic rings. The van der Waals surface area contributed by atoms with E-state index in [0.29, 0.717) is 17.6 Å². The van der Waals surface area contributed by atoms with Gasteiger partial charge in [0.2, 0.25) is 11.0 Å². The highest BCUT2D eigenvalue weighted by atomic mass is 32.1. The SMILES string of the molecule is O=C(CCC1CCCCN1)Nc1nncs1. The Morgan fingerprint density at radius 3 is 3.25 bits per heavy atom. The second-order valence-electron chi connectivity index (χ2n) is 3.98. The molecule has 2 N–H and O–H groups in total. The Hall–Kier alpha value is -1.01. The molecule has 0 bridgehead atoms. The van der Waals surface area contributed by atoms with Crippen molar-refractivity contribution in [2.24, 2.45) is 0 Å². The number of hydrogen-bond donors (Lipinski definition) is 2. The first-order chi connectivity index (χ1) is 7.84. The summed E-state index contributed by atoms with van der Waals surface area (Å²) in [6.07, 6.45) is 5.18. The Morgan fingerprint density at radius 1 is 1.62 bits per heavy atom. The maximum atomic E-state index is 11.6. The van der Waals surface area contributed by atoms with Crippen LogP contribution in [0.2, 0.25) is 0 Å². The number of piperidine rings is 1. The highest BCUT2D eigenvalue weighted by Gasteiger charge is 2.14. The largest absolute Gasteiger partial charge is 0.314 e. The number of hydrogen-bond acceptors (Lipinski definition) is 5. The minimum absolute atomic E-state index is 0.0316. The van der Waals surface area contributed by atoms with Gasteiger partial charge in [-0.2, -0.15) is 0 Å². The van der Waals surface area contributed by atoms with Crippen LogP contribution in [0.3, 0.4) is 0 Å². The van der Waals surface area contributed by atoms with E-state index >= 15 is 0 Å². The zero-order valence-corrected chi connectivity index (χ0v) is 9.92. The van der Waals surface area contributed by atoms with Crippen molar-refractivity contribution in [3.05, 3.63) is 5.51 Å². The third-order valence-electron chi connectivity index (χ3n) is 2.74. The minimum Gasteiger partial charge on any atom is -0.314 e. The van der Waals surface area contributed by atoms with Gasteiger partial charge in [-0.25, -0.2) is 0 Å². The van der Waals surface area contributed by atoms with E-state index < -0.39 is 0 Å². The second kappa shape index (κ2) is 5.91. The van der Waals surface area contributed by atoms with Crippen LogP contribution >= 0.6 is 11.3 Å². The Labute approximate surface area is 98.7 Å². The normalized spacial score (nSPS) is 20.6. The van der Waals surface area contributed by atoms with Crippen molar-refractivity contribution in [2.75, 3.05) is 11.9 Å². The molecule has 1 atom stereocenters. The van der Waals surface area contributed by atoms with Crippen molar-refractivity contribution in [1.29, 1.82) is 0 Å². The first kappa shape index (κ1) is 11.5. The number of aromatic nitrogens is 2. The van der Waals surface area contributed by atoms with Gasteiger partial charge in [0.15, 0.2) is 0 Å². The molecule has 1 aromatic rings. The predicted molar refractivity (Wildman–Crippen MR) is 63.4 cm³/mol. The highest BCUT2D eigenvalue weighted by molar-refractivity contribution is 7.13. The monoisotopic (exact) mass is 240 g/mol. The molecule has 0 radical (unpaired) electrons. The summed E-state index contributed by atoms with van der Waals surface area (Å²) in [6.45, 7) is 1.09. The van der Waals surface area contributed by atoms with E-state index in [1.807, 2.05) is 0 Å². The van der Waals surface area contributed by atoms with Gasteiger partial charge in [-0.15, -0.1) is 10.2 Å². The van der Waals surface area contributed by atoms with Gasteiger partial charge >= 0.3 is 0 Å². The van der Waals surface area contributed by atoms with Crippen LogP contribution in [0.4, 0.5) is 5.13 Å². The lowest BCUT2D eigenvalue weighted by Gasteiger charge is -2.22. The summed E-state index contributed by atoms with van der Waals surface area (Å²) >= 11 is 1.34. The average Bonchev–Trinajstić information content (AvgIpc) is 2.81. The molecule has 1 aromatic heterocycles. The zero-order chi connectivity index (χ0) is 11.2. The van der Waals surface area contributed by atoms with Crippen LogP contribution in [0.5, 0.6) is 0 Å². The standard InChI is InChI=1S/C10H16N4OS/c15-9(13-10-14-12-7-16-10)5-4-8-3-1-2-6-11-8/h7-8,11H,1-6H2,(H,13,14,15). The van der Waals surface area contributed by atoms with Gasteiger partial charge in [-0.1, -0.05) is 17.8 Å². The van der Waals surface area contributed by atoms with Crippen LogP contribution in [-0.4, -0.2) is 28.7 Å². The van der Waals surface area contributed by atoms with Gasteiger partial charge in [0.25, 0.3) is 0 Å². The third kappa shape index (κ3) is 3.53. The van der Waals surface area contributed by atoms with E-state index in [0.717, 1.165) is 13.0 Å². The third-order valence-corrected chi connectivity index (χ3v) is 3.35. The predicted octanol–water partition coefficient (Wildman–Crippen LogP) is 1.40. The molecule has 16 heavy (non-hydrogen) atoms. The Kier molecular flexibility index (Phi) is 4.24. The van der Waals surface area contributed by atoms with Crippen molar-refractivity contribution >= 4 is 22.4 Å². The van der Waals surface area contributed by atoms with Crippen LogP contribution in [0, 0.1) is 0 Å². The van der Waals surface area contributed by atoms with Crippen molar-refractivity contribution in [2.45, 2.75) is 38.1 Å². The molecule has 88 valence electrons. The first-order valence-electron chi connectivity index (χ1n) is 5.64. The van der Waals surface area contributed by atoms with Crippen molar-refractivity contribution in [1.82, 2.24) is 15.5 Å². The molecule has 1 fully saturated rings. The number of anilines is 1. The quantitative estimate of drug-likeness (QED) is 0.835. The summed E-state index contributed by atoms with van der Waals surface area (Å²) in [6, 6.07) is 0.508. The molecule has 1 saturated heterocycles. The molecular formula is C10H16N4OS. The summed E-state index contributed by atoms with van der Waals surface area (Å²) in [7, 11) is 0. The van der Waals surface area contributed by atoms with Gasteiger partial charge in [-0.05, 0) is 25.8 Å². The summed E-state index contributed by atoms with van der Waals surface area (Å²) in [5.41, 5.74) is 1.61. The van der Waals surface area contributed by atoms with Gasteiger partial charge in [-0.3, -0.25) is 4.79 Å². The number of amides is 1. The Balaban J connectivity index is 1.67. The molecule has 1 unspecified atom stereocenters. The lowest BCUT2D eigenvalue weighted by Crippen LogP contribution is -2.34. The van der Waals surface area contributed by atoms with Crippen molar-refractivity contribution in [3.63, 3.8) is 0 Å². The molecule has 2 heterocycles. The van der Waals surface area contributed by atoms with E-state index in [4.69, 9.17) is 0 Å². The van der Waals surface area contributed by atoms with Crippen molar-refractivity contribution in [3.8, 4) is 0 Å². The fraction of sp³-hybridized carbons (Fsp3) is 0.700. The second-order valence-corrected chi connectivity index (χ2v) is 4.81. The fourth-order valence-electron chi connectivity index (χ4n) is 1.89. The maximum absolute atomic E-state index is 11.6. The summed E-state index contributed by atoms with van der Waals surface area (Å²) in [4.78, 5) is 11.6. The Bertz CT molecular complexity index is 322. The highest BCUT2D eigenvalue weighted by Crippen LogP contribution is 2.13. The number of nitrogens with one attached hydrogen (secondary N) is 2. The topological polar surface area (TPSA) is 66.9 Å². The maximum Gasteiger partial charge on any atom is 0.226 e. The Morgan fingerprint density at radius 2 is 2.56 bits per heavy atom. The fourth-order valence-corrected chi connectivity index (χ4v) is 2.35.